The highest BCUT2D eigenvalue weighted by Crippen LogP contribution is 2.39. The first-order valence-electron chi connectivity index (χ1n) is 8.63. The summed E-state index contributed by atoms with van der Waals surface area (Å²) in [5.41, 5.74) is -2.85. The Morgan fingerprint density at radius 3 is 2.34 bits per heavy atom. The average molecular weight is 448 g/mol. The van der Waals surface area contributed by atoms with Crippen molar-refractivity contribution in [2.75, 3.05) is 24.5 Å². The molecule has 3 rings (SSSR count). The highest BCUT2D eigenvalue weighted by Gasteiger charge is 2.51. The van der Waals surface area contributed by atoms with Crippen molar-refractivity contribution in [3.8, 4) is 0 Å². The number of sulfonamides is 1. The fraction of sp³-hybridized carbons (Fsp3) is 0.389. The first kappa shape index (κ1) is 21.8. The number of carbonyl (C=O) groups excluding carboxylic acids is 1. The largest absolute Gasteiger partial charge is 0.421 e. The van der Waals surface area contributed by atoms with E-state index in [2.05, 4.69) is 0 Å². The summed E-state index contributed by atoms with van der Waals surface area (Å²) in [6.07, 6.45) is -4.21. The van der Waals surface area contributed by atoms with Gasteiger partial charge in [-0.1, -0.05) is 18.2 Å². The number of aliphatic hydroxyl groups is 1. The van der Waals surface area contributed by atoms with Gasteiger partial charge in [0, 0.05) is 25.3 Å². The molecule has 2 heterocycles. The molecular weight excluding hydrogens is 429 g/mol. The number of carbonyl (C=O) groups is 1. The molecule has 1 aliphatic heterocycles. The maximum Gasteiger partial charge on any atom is 0.421 e. The van der Waals surface area contributed by atoms with E-state index in [1.807, 2.05) is 0 Å². The molecule has 2 aromatic rings. The van der Waals surface area contributed by atoms with Crippen molar-refractivity contribution in [2.24, 2.45) is 0 Å². The van der Waals surface area contributed by atoms with Gasteiger partial charge in [0.2, 0.25) is 0 Å². The number of aldehydes is 1. The third-order valence-corrected chi connectivity index (χ3v) is 8.18. The zero-order valence-corrected chi connectivity index (χ0v) is 17.0. The van der Waals surface area contributed by atoms with Crippen molar-refractivity contribution in [3.63, 3.8) is 0 Å². The molecule has 1 aliphatic rings. The average Bonchev–Trinajstić information content (AvgIpc) is 3.22. The SMILES string of the molecule is CC(O)(c1ccc(N2CCN(S(=O)(=O)c3cccs3)CC2C=O)cc1)C(F)(F)F. The van der Waals surface area contributed by atoms with Crippen LogP contribution in [0, 0.1) is 0 Å². The Labute approximate surface area is 170 Å². The Kier molecular flexibility index (Phi) is 5.78. The van der Waals surface area contributed by atoms with Crippen LogP contribution in [0.4, 0.5) is 18.9 Å². The lowest BCUT2D eigenvalue weighted by Crippen LogP contribution is -2.55. The number of benzene rings is 1. The summed E-state index contributed by atoms with van der Waals surface area (Å²) in [4.78, 5) is 13.2. The monoisotopic (exact) mass is 448 g/mol. The number of halogens is 3. The molecular formula is C18H19F3N2O4S2. The number of nitrogens with zero attached hydrogens (tertiary/aromatic N) is 2. The van der Waals surface area contributed by atoms with Crippen molar-refractivity contribution < 1.29 is 31.5 Å². The molecule has 0 amide bonds. The minimum atomic E-state index is -4.83. The van der Waals surface area contributed by atoms with Gasteiger partial charge >= 0.3 is 6.18 Å². The van der Waals surface area contributed by atoms with Gasteiger partial charge in [-0.25, -0.2) is 8.42 Å². The maximum absolute atomic E-state index is 13.0. The van der Waals surface area contributed by atoms with E-state index in [1.165, 1.54) is 22.5 Å². The number of piperazine rings is 1. The van der Waals surface area contributed by atoms with Crippen LogP contribution in [0.25, 0.3) is 0 Å². The van der Waals surface area contributed by atoms with Gasteiger partial charge in [0.15, 0.2) is 5.60 Å². The maximum atomic E-state index is 13.0. The molecule has 11 heteroatoms. The van der Waals surface area contributed by atoms with Gasteiger partial charge in [-0.3, -0.25) is 0 Å². The van der Waals surface area contributed by atoms with E-state index in [4.69, 9.17) is 0 Å². The lowest BCUT2D eigenvalue weighted by molar-refractivity contribution is -0.258. The van der Waals surface area contributed by atoms with Crippen LogP contribution in [-0.2, 0) is 20.4 Å². The van der Waals surface area contributed by atoms with E-state index >= 15 is 0 Å². The molecule has 0 aliphatic carbocycles. The molecule has 0 saturated carbocycles. The summed E-state index contributed by atoms with van der Waals surface area (Å²) in [7, 11) is -3.70. The van der Waals surface area contributed by atoms with Crippen LogP contribution in [0.5, 0.6) is 0 Å². The fourth-order valence-corrected chi connectivity index (χ4v) is 5.71. The lowest BCUT2D eigenvalue weighted by Gasteiger charge is -2.39. The van der Waals surface area contributed by atoms with E-state index < -0.39 is 27.8 Å². The molecule has 158 valence electrons. The lowest BCUT2D eigenvalue weighted by atomic mass is 9.95. The normalized spacial score (nSPS) is 21.0. The van der Waals surface area contributed by atoms with E-state index in [9.17, 15) is 31.5 Å². The van der Waals surface area contributed by atoms with Gasteiger partial charge in [0.25, 0.3) is 10.0 Å². The zero-order chi connectivity index (χ0) is 21.4. The Morgan fingerprint density at radius 2 is 1.83 bits per heavy atom. The predicted octanol–water partition coefficient (Wildman–Crippen LogP) is 2.60. The van der Waals surface area contributed by atoms with E-state index in [0.29, 0.717) is 18.9 Å². The number of rotatable bonds is 5. The molecule has 1 saturated heterocycles. The summed E-state index contributed by atoms with van der Waals surface area (Å²) in [5.74, 6) is 0. The van der Waals surface area contributed by atoms with E-state index in [-0.39, 0.29) is 29.4 Å². The Morgan fingerprint density at radius 1 is 1.17 bits per heavy atom. The van der Waals surface area contributed by atoms with Crippen LogP contribution in [0.2, 0.25) is 0 Å². The van der Waals surface area contributed by atoms with Gasteiger partial charge in [-0.05, 0) is 36.1 Å². The number of hydrogen-bond acceptors (Lipinski definition) is 6. The number of thiophene rings is 1. The van der Waals surface area contributed by atoms with Crippen LogP contribution in [0.3, 0.4) is 0 Å². The highest BCUT2D eigenvalue weighted by molar-refractivity contribution is 7.91. The van der Waals surface area contributed by atoms with Crippen LogP contribution < -0.4 is 4.90 Å². The first-order valence-corrected chi connectivity index (χ1v) is 11.0. The van der Waals surface area contributed by atoms with E-state index in [1.54, 1.807) is 16.3 Å². The molecule has 1 aromatic carbocycles. The number of alkyl halides is 3. The minimum Gasteiger partial charge on any atom is -0.376 e. The standard InChI is InChI=1S/C18H19F3N2O4S2/c1-17(25,18(19,20)21)13-4-6-14(7-5-13)23-9-8-22(11-15(23)12-24)29(26,27)16-3-2-10-28-16/h2-7,10,12,15,25H,8-9,11H2,1H3. The molecule has 1 aromatic heterocycles. The Hall–Kier alpha value is -1.95. The third kappa shape index (κ3) is 4.04. The number of anilines is 1. The van der Waals surface area contributed by atoms with Gasteiger partial charge in [0.1, 0.15) is 10.5 Å². The molecule has 0 bridgehead atoms. The molecule has 0 radical (unpaired) electrons. The smallest absolute Gasteiger partial charge is 0.376 e. The first-order chi connectivity index (χ1) is 13.5. The minimum absolute atomic E-state index is 0.0637. The summed E-state index contributed by atoms with van der Waals surface area (Å²) in [6.45, 7) is 0.936. The van der Waals surface area contributed by atoms with Crippen molar-refractivity contribution in [3.05, 3.63) is 47.3 Å². The van der Waals surface area contributed by atoms with Crippen molar-refractivity contribution in [2.45, 2.75) is 29.0 Å². The molecule has 6 nitrogen and oxygen atoms in total. The van der Waals surface area contributed by atoms with Crippen LogP contribution >= 0.6 is 11.3 Å². The molecule has 29 heavy (non-hydrogen) atoms. The van der Waals surface area contributed by atoms with Crippen molar-refractivity contribution >= 4 is 33.3 Å². The number of hydrogen-bond donors (Lipinski definition) is 1. The topological polar surface area (TPSA) is 77.9 Å². The van der Waals surface area contributed by atoms with Gasteiger partial charge in [0.05, 0.1) is 6.04 Å². The fourth-order valence-electron chi connectivity index (χ4n) is 3.12. The second-order valence-corrected chi connectivity index (χ2v) is 9.92. The van der Waals surface area contributed by atoms with E-state index in [0.717, 1.165) is 23.5 Å². The van der Waals surface area contributed by atoms with Crippen molar-refractivity contribution in [1.29, 1.82) is 0 Å². The summed E-state index contributed by atoms with van der Waals surface area (Å²) >= 11 is 1.09. The van der Waals surface area contributed by atoms with Crippen LogP contribution in [0.15, 0.2) is 46.0 Å². The molecule has 2 atom stereocenters. The summed E-state index contributed by atoms with van der Waals surface area (Å²) in [5, 5.41) is 11.4. The zero-order valence-electron chi connectivity index (χ0n) is 15.3. The van der Waals surface area contributed by atoms with Gasteiger partial charge in [-0.15, -0.1) is 11.3 Å². The Balaban J connectivity index is 1.80. The predicted molar refractivity (Wildman–Crippen MR) is 102 cm³/mol. The molecule has 2 unspecified atom stereocenters. The summed E-state index contributed by atoms with van der Waals surface area (Å²) in [6, 6.07) is 7.41. The van der Waals surface area contributed by atoms with Gasteiger partial charge < -0.3 is 14.8 Å². The van der Waals surface area contributed by atoms with Crippen LogP contribution in [0.1, 0.15) is 12.5 Å². The summed E-state index contributed by atoms with van der Waals surface area (Å²) < 4.78 is 65.7. The second kappa shape index (κ2) is 7.71. The van der Waals surface area contributed by atoms with Crippen molar-refractivity contribution in [1.82, 2.24) is 4.31 Å². The highest BCUT2D eigenvalue weighted by atomic mass is 32.2. The molecule has 1 fully saturated rings. The van der Waals surface area contributed by atoms with Crippen LogP contribution in [-0.4, -0.2) is 56.0 Å². The van der Waals surface area contributed by atoms with Gasteiger partial charge in [-0.2, -0.15) is 17.5 Å². The Bertz CT molecular complexity index is 958. The quantitative estimate of drug-likeness (QED) is 0.712. The molecule has 0 spiro atoms. The molecule has 1 N–H and O–H groups in total. The second-order valence-electron chi connectivity index (χ2n) is 6.81. The third-order valence-electron chi connectivity index (χ3n) is 4.94.